The largest absolute Gasteiger partial charge is 0.485 e. The van der Waals surface area contributed by atoms with Crippen LogP contribution < -0.4 is 14.8 Å². The fourth-order valence-electron chi connectivity index (χ4n) is 1.96. The highest BCUT2D eigenvalue weighted by molar-refractivity contribution is 6.09. The zero-order valence-electron chi connectivity index (χ0n) is 10.3. The molecule has 2 aliphatic rings. The number of nitrogens with zero attached hydrogens (tertiary/aromatic N) is 1. The number of rotatable bonds is 1. The molecule has 0 saturated carbocycles. The summed E-state index contributed by atoms with van der Waals surface area (Å²) in [5.74, 6) is 1.83. The summed E-state index contributed by atoms with van der Waals surface area (Å²) in [5.41, 5.74) is -0.727. The van der Waals surface area contributed by atoms with Gasteiger partial charge < -0.3 is 14.8 Å². The van der Waals surface area contributed by atoms with Gasteiger partial charge in [-0.3, -0.25) is 9.79 Å². The molecule has 18 heavy (non-hydrogen) atoms. The van der Waals surface area contributed by atoms with E-state index < -0.39 is 5.54 Å². The molecule has 1 aromatic rings. The predicted octanol–water partition coefficient (Wildman–Crippen LogP) is 1.13. The van der Waals surface area contributed by atoms with Gasteiger partial charge in [-0.2, -0.15) is 0 Å². The molecule has 1 atom stereocenters. The number of fused-ring (bicyclic) bond motifs is 1. The molecule has 1 unspecified atom stereocenters. The van der Waals surface area contributed by atoms with Crippen LogP contribution in [0.25, 0.3) is 0 Å². The summed E-state index contributed by atoms with van der Waals surface area (Å²) in [7, 11) is 0. The van der Waals surface area contributed by atoms with Crippen molar-refractivity contribution in [2.24, 2.45) is 4.99 Å². The van der Waals surface area contributed by atoms with Crippen molar-refractivity contribution < 1.29 is 14.3 Å². The highest BCUT2D eigenvalue weighted by atomic mass is 16.6. The summed E-state index contributed by atoms with van der Waals surface area (Å²) in [6.45, 7) is 3.89. The Kier molecular flexibility index (Phi) is 2.29. The van der Waals surface area contributed by atoms with Crippen LogP contribution >= 0.6 is 0 Å². The number of amidine groups is 1. The first kappa shape index (κ1) is 11.1. The molecule has 2 heterocycles. The number of carbonyl (C=O) groups excluding carboxylic acids is 1. The SMILES string of the molecule is CC1(C)N=C(C2COc3ccccc3O2)NC1=O. The minimum absolute atomic E-state index is 0.111. The summed E-state index contributed by atoms with van der Waals surface area (Å²) in [5, 5.41) is 2.75. The van der Waals surface area contributed by atoms with Crippen LogP contribution in [0, 0.1) is 0 Å². The number of hydrogen-bond acceptors (Lipinski definition) is 4. The maximum absolute atomic E-state index is 11.7. The van der Waals surface area contributed by atoms with Crippen molar-refractivity contribution in [3.8, 4) is 11.5 Å². The average Bonchev–Trinajstić information content (AvgIpc) is 2.63. The highest BCUT2D eigenvalue weighted by Crippen LogP contribution is 2.31. The van der Waals surface area contributed by atoms with Gasteiger partial charge in [-0.1, -0.05) is 12.1 Å². The number of ether oxygens (including phenoxy) is 2. The molecular formula is C13H14N2O3. The Balaban J connectivity index is 1.84. The summed E-state index contributed by atoms with van der Waals surface area (Å²) in [6.07, 6.45) is -0.356. The molecule has 5 heteroatoms. The van der Waals surface area contributed by atoms with Crippen LogP contribution in [0.15, 0.2) is 29.3 Å². The Morgan fingerprint density at radius 3 is 2.72 bits per heavy atom. The zero-order valence-corrected chi connectivity index (χ0v) is 10.3. The van der Waals surface area contributed by atoms with E-state index in [0.717, 1.165) is 5.75 Å². The molecule has 0 aliphatic carbocycles. The van der Waals surface area contributed by atoms with E-state index in [4.69, 9.17) is 9.47 Å². The minimum atomic E-state index is -0.727. The first-order valence-corrected chi connectivity index (χ1v) is 5.86. The number of nitrogens with one attached hydrogen (secondary N) is 1. The predicted molar refractivity (Wildman–Crippen MR) is 66.0 cm³/mol. The number of amides is 1. The Hall–Kier alpha value is -2.04. The lowest BCUT2D eigenvalue weighted by atomic mass is 10.1. The smallest absolute Gasteiger partial charge is 0.252 e. The molecule has 3 rings (SSSR count). The molecule has 0 spiro atoms. The molecule has 0 fully saturated rings. The normalized spacial score (nSPS) is 24.4. The Morgan fingerprint density at radius 2 is 2.06 bits per heavy atom. The maximum atomic E-state index is 11.7. The third-order valence-electron chi connectivity index (χ3n) is 3.01. The Morgan fingerprint density at radius 1 is 1.33 bits per heavy atom. The number of aliphatic imine (C=N–C) groups is 1. The second kappa shape index (κ2) is 3.73. The van der Waals surface area contributed by atoms with E-state index in [1.54, 1.807) is 13.8 Å². The third-order valence-corrected chi connectivity index (χ3v) is 3.01. The number of para-hydroxylation sites is 2. The lowest BCUT2D eigenvalue weighted by molar-refractivity contribution is -0.122. The Labute approximate surface area is 105 Å². The first-order valence-electron chi connectivity index (χ1n) is 5.86. The van der Waals surface area contributed by atoms with Crippen molar-refractivity contribution in [3.05, 3.63) is 24.3 Å². The molecular weight excluding hydrogens is 232 g/mol. The van der Waals surface area contributed by atoms with Crippen LogP contribution in [-0.4, -0.2) is 30.0 Å². The van der Waals surface area contributed by atoms with Crippen LogP contribution in [-0.2, 0) is 4.79 Å². The fraction of sp³-hybridized carbons (Fsp3) is 0.385. The van der Waals surface area contributed by atoms with E-state index in [2.05, 4.69) is 10.3 Å². The van der Waals surface area contributed by atoms with Gasteiger partial charge in [0.05, 0.1) is 0 Å². The molecule has 1 amide bonds. The third kappa shape index (κ3) is 1.72. The number of carbonyl (C=O) groups is 1. The monoisotopic (exact) mass is 246 g/mol. The van der Waals surface area contributed by atoms with Crippen molar-refractivity contribution in [2.75, 3.05) is 6.61 Å². The van der Waals surface area contributed by atoms with Gasteiger partial charge in [-0.25, -0.2) is 0 Å². The zero-order chi connectivity index (χ0) is 12.8. The lowest BCUT2D eigenvalue weighted by Gasteiger charge is -2.26. The van der Waals surface area contributed by atoms with Crippen molar-refractivity contribution in [3.63, 3.8) is 0 Å². The van der Waals surface area contributed by atoms with Crippen molar-refractivity contribution in [2.45, 2.75) is 25.5 Å². The van der Waals surface area contributed by atoms with E-state index in [-0.39, 0.29) is 12.0 Å². The summed E-state index contributed by atoms with van der Waals surface area (Å²) >= 11 is 0. The standard InChI is InChI=1S/C13H14N2O3/c1-13(2)12(16)14-11(15-13)10-7-17-8-5-3-4-6-9(8)18-10/h3-6,10H,7H2,1-2H3,(H,14,15,16). The van der Waals surface area contributed by atoms with Gasteiger partial charge in [-0.05, 0) is 26.0 Å². The first-order chi connectivity index (χ1) is 8.56. The van der Waals surface area contributed by atoms with Crippen molar-refractivity contribution in [1.82, 2.24) is 5.32 Å². The van der Waals surface area contributed by atoms with Crippen LogP contribution in [0.2, 0.25) is 0 Å². The molecule has 1 N–H and O–H groups in total. The van der Waals surface area contributed by atoms with E-state index in [0.29, 0.717) is 18.2 Å². The van der Waals surface area contributed by atoms with Gasteiger partial charge in [0.1, 0.15) is 18.0 Å². The molecule has 0 aromatic heterocycles. The molecule has 2 aliphatic heterocycles. The number of hydrogen-bond donors (Lipinski definition) is 1. The van der Waals surface area contributed by atoms with Gasteiger partial charge in [0, 0.05) is 0 Å². The molecule has 5 nitrogen and oxygen atoms in total. The molecule has 0 saturated heterocycles. The van der Waals surface area contributed by atoms with Crippen molar-refractivity contribution >= 4 is 11.7 Å². The molecule has 0 bridgehead atoms. The van der Waals surface area contributed by atoms with Crippen LogP contribution in [0.4, 0.5) is 0 Å². The molecule has 94 valence electrons. The van der Waals surface area contributed by atoms with E-state index in [1.807, 2.05) is 24.3 Å². The molecule has 1 aromatic carbocycles. The quantitative estimate of drug-likeness (QED) is 0.808. The van der Waals surface area contributed by atoms with E-state index >= 15 is 0 Å². The summed E-state index contributed by atoms with van der Waals surface area (Å²) in [6, 6.07) is 7.46. The van der Waals surface area contributed by atoms with Gasteiger partial charge in [0.15, 0.2) is 17.6 Å². The maximum Gasteiger partial charge on any atom is 0.252 e. The topological polar surface area (TPSA) is 59.9 Å². The van der Waals surface area contributed by atoms with E-state index in [1.165, 1.54) is 0 Å². The van der Waals surface area contributed by atoms with Gasteiger partial charge >= 0.3 is 0 Å². The van der Waals surface area contributed by atoms with Crippen LogP contribution in [0.1, 0.15) is 13.8 Å². The van der Waals surface area contributed by atoms with Gasteiger partial charge in [0.2, 0.25) is 0 Å². The second-order valence-corrected chi connectivity index (χ2v) is 4.87. The lowest BCUT2D eigenvalue weighted by Crippen LogP contribution is -2.44. The number of benzene rings is 1. The summed E-state index contributed by atoms with van der Waals surface area (Å²) in [4.78, 5) is 16.0. The average molecular weight is 246 g/mol. The van der Waals surface area contributed by atoms with Crippen LogP contribution in [0.5, 0.6) is 11.5 Å². The minimum Gasteiger partial charge on any atom is -0.485 e. The van der Waals surface area contributed by atoms with Crippen LogP contribution in [0.3, 0.4) is 0 Å². The summed E-state index contributed by atoms with van der Waals surface area (Å²) < 4.78 is 11.4. The second-order valence-electron chi connectivity index (χ2n) is 4.87. The van der Waals surface area contributed by atoms with Crippen molar-refractivity contribution in [1.29, 1.82) is 0 Å². The molecule has 0 radical (unpaired) electrons. The fourth-order valence-corrected chi connectivity index (χ4v) is 1.96. The van der Waals surface area contributed by atoms with Gasteiger partial charge in [0.25, 0.3) is 5.91 Å². The van der Waals surface area contributed by atoms with E-state index in [9.17, 15) is 4.79 Å². The Bertz CT molecular complexity index is 537. The van der Waals surface area contributed by atoms with Gasteiger partial charge in [-0.15, -0.1) is 0 Å². The highest BCUT2D eigenvalue weighted by Gasteiger charge is 2.39.